The smallest absolute Gasteiger partial charge is 0.237 e. The van der Waals surface area contributed by atoms with Crippen LogP contribution in [0.15, 0.2) is 12.1 Å². The molecule has 1 aromatic carbocycles. The van der Waals surface area contributed by atoms with Crippen LogP contribution < -0.4 is 10.6 Å². The van der Waals surface area contributed by atoms with E-state index in [0.29, 0.717) is 21.1 Å². The number of nitrogens with one attached hydrogen (secondary N) is 2. The molecule has 0 heterocycles. The molecule has 0 aromatic heterocycles. The summed E-state index contributed by atoms with van der Waals surface area (Å²) in [5.41, 5.74) is 0.826. The first-order valence-electron chi connectivity index (χ1n) is 6.60. The van der Waals surface area contributed by atoms with Gasteiger partial charge in [-0.25, -0.2) is 0 Å². The first-order valence-corrected chi connectivity index (χ1v) is 7.73. The molecule has 0 aliphatic heterocycles. The molecule has 2 N–H and O–H groups in total. The van der Waals surface area contributed by atoms with Crippen molar-refractivity contribution in [3.63, 3.8) is 0 Å². The minimum absolute atomic E-state index is 0.00975. The first kappa shape index (κ1) is 15.9. The van der Waals surface area contributed by atoms with Crippen LogP contribution in [0.2, 0.25) is 15.1 Å². The highest BCUT2D eigenvalue weighted by molar-refractivity contribution is 6.48. The summed E-state index contributed by atoms with van der Waals surface area (Å²) in [5.74, 6) is 0.00975. The number of halogens is 3. The average molecular weight is 336 g/mol. The van der Waals surface area contributed by atoms with Crippen molar-refractivity contribution in [3.8, 4) is 0 Å². The summed E-state index contributed by atoms with van der Waals surface area (Å²) < 4.78 is 0. The number of hydrogen-bond donors (Lipinski definition) is 2. The van der Waals surface area contributed by atoms with Gasteiger partial charge < -0.3 is 5.32 Å². The summed E-state index contributed by atoms with van der Waals surface area (Å²) in [6.45, 7) is 3.77. The molecule has 6 heteroatoms. The van der Waals surface area contributed by atoms with Gasteiger partial charge in [0.25, 0.3) is 0 Å². The van der Waals surface area contributed by atoms with Crippen LogP contribution in [-0.4, -0.2) is 18.0 Å². The van der Waals surface area contributed by atoms with Crippen molar-refractivity contribution >= 4 is 40.7 Å². The van der Waals surface area contributed by atoms with Crippen LogP contribution in [0.25, 0.3) is 0 Å². The Labute approximate surface area is 134 Å². The van der Waals surface area contributed by atoms with Gasteiger partial charge in [-0.1, -0.05) is 40.9 Å². The molecule has 20 heavy (non-hydrogen) atoms. The minimum Gasteiger partial charge on any atom is -0.352 e. The van der Waals surface area contributed by atoms with E-state index in [0.717, 1.165) is 18.4 Å². The van der Waals surface area contributed by atoms with Crippen molar-refractivity contribution in [2.45, 2.75) is 44.8 Å². The Morgan fingerprint density at radius 3 is 2.45 bits per heavy atom. The number of hydrogen-bond acceptors (Lipinski definition) is 2. The molecule has 1 saturated carbocycles. The summed E-state index contributed by atoms with van der Waals surface area (Å²) >= 11 is 18.1. The number of amides is 1. The molecule has 1 amide bonds. The van der Waals surface area contributed by atoms with Gasteiger partial charge in [-0.05, 0) is 38.3 Å². The largest absolute Gasteiger partial charge is 0.352 e. The average Bonchev–Trinajstić information content (AvgIpc) is 3.19. The predicted octanol–water partition coefficient (Wildman–Crippen LogP) is 3.96. The van der Waals surface area contributed by atoms with Crippen LogP contribution in [0.1, 0.15) is 38.3 Å². The number of rotatable bonds is 5. The van der Waals surface area contributed by atoms with Gasteiger partial charge in [0.2, 0.25) is 5.91 Å². The zero-order chi connectivity index (χ0) is 14.9. The van der Waals surface area contributed by atoms with Gasteiger partial charge in [0, 0.05) is 12.1 Å². The second-order valence-corrected chi connectivity index (χ2v) is 6.32. The van der Waals surface area contributed by atoms with Crippen molar-refractivity contribution in [2.75, 3.05) is 0 Å². The molecule has 0 saturated heterocycles. The Morgan fingerprint density at radius 1 is 1.20 bits per heavy atom. The molecule has 2 atom stereocenters. The highest BCUT2D eigenvalue weighted by Crippen LogP contribution is 2.35. The van der Waals surface area contributed by atoms with Gasteiger partial charge in [-0.2, -0.15) is 0 Å². The topological polar surface area (TPSA) is 41.1 Å². The minimum atomic E-state index is -0.295. The Balaban J connectivity index is 2.01. The van der Waals surface area contributed by atoms with E-state index < -0.39 is 0 Å². The van der Waals surface area contributed by atoms with Crippen molar-refractivity contribution in [1.29, 1.82) is 0 Å². The highest BCUT2D eigenvalue weighted by atomic mass is 35.5. The van der Waals surface area contributed by atoms with E-state index in [2.05, 4.69) is 10.6 Å². The molecule has 110 valence electrons. The maximum absolute atomic E-state index is 11.9. The predicted molar refractivity (Wildman–Crippen MR) is 83.6 cm³/mol. The summed E-state index contributed by atoms with van der Waals surface area (Å²) in [6, 6.07) is 3.49. The molecular weight excluding hydrogens is 319 g/mol. The zero-order valence-electron chi connectivity index (χ0n) is 11.3. The van der Waals surface area contributed by atoms with Crippen LogP contribution in [0.5, 0.6) is 0 Å². The van der Waals surface area contributed by atoms with Gasteiger partial charge in [0.15, 0.2) is 0 Å². The van der Waals surface area contributed by atoms with Crippen LogP contribution >= 0.6 is 34.8 Å². The lowest BCUT2D eigenvalue weighted by Gasteiger charge is -2.21. The molecule has 1 fully saturated rings. The van der Waals surface area contributed by atoms with Crippen LogP contribution in [-0.2, 0) is 4.79 Å². The standard InChI is InChI=1S/C14H17Cl3N2O/c1-7(10-5-6-11(15)13(17)12(10)16)18-8(2)14(20)19-9-3-4-9/h5-9,18H,3-4H2,1-2H3,(H,19,20). The van der Waals surface area contributed by atoms with E-state index in [1.165, 1.54) is 0 Å². The van der Waals surface area contributed by atoms with Crippen molar-refractivity contribution in [2.24, 2.45) is 0 Å². The summed E-state index contributed by atoms with van der Waals surface area (Å²) in [6.07, 6.45) is 2.15. The fourth-order valence-electron chi connectivity index (χ4n) is 1.97. The third-order valence-corrected chi connectivity index (χ3v) is 4.66. The maximum atomic E-state index is 11.9. The van der Waals surface area contributed by atoms with Gasteiger partial charge in [-0.15, -0.1) is 0 Å². The van der Waals surface area contributed by atoms with Crippen molar-refractivity contribution < 1.29 is 4.79 Å². The second kappa shape index (κ2) is 6.52. The Bertz CT molecular complexity index is 517. The third-order valence-electron chi connectivity index (χ3n) is 3.35. The van der Waals surface area contributed by atoms with E-state index in [1.807, 2.05) is 19.9 Å². The zero-order valence-corrected chi connectivity index (χ0v) is 13.6. The molecule has 2 unspecified atom stereocenters. The lowest BCUT2D eigenvalue weighted by Crippen LogP contribution is -2.43. The third kappa shape index (κ3) is 3.79. The molecule has 1 aromatic rings. The highest BCUT2D eigenvalue weighted by Gasteiger charge is 2.26. The fourth-order valence-corrected chi connectivity index (χ4v) is 2.68. The van der Waals surface area contributed by atoms with Crippen molar-refractivity contribution in [3.05, 3.63) is 32.8 Å². The maximum Gasteiger partial charge on any atom is 0.237 e. The van der Waals surface area contributed by atoms with E-state index in [1.54, 1.807) is 6.07 Å². The molecule has 0 radical (unpaired) electrons. The van der Waals surface area contributed by atoms with E-state index >= 15 is 0 Å². The van der Waals surface area contributed by atoms with Gasteiger partial charge in [0.05, 0.1) is 21.1 Å². The lowest BCUT2D eigenvalue weighted by molar-refractivity contribution is -0.123. The van der Waals surface area contributed by atoms with Crippen LogP contribution in [0.4, 0.5) is 0 Å². The molecule has 2 rings (SSSR count). The summed E-state index contributed by atoms with van der Waals surface area (Å²) in [7, 11) is 0. The normalized spacial score (nSPS) is 17.6. The molecular formula is C14H17Cl3N2O. The van der Waals surface area contributed by atoms with Crippen LogP contribution in [0, 0.1) is 0 Å². The van der Waals surface area contributed by atoms with E-state index in [4.69, 9.17) is 34.8 Å². The number of carbonyl (C=O) groups excluding carboxylic acids is 1. The molecule has 0 bridgehead atoms. The summed E-state index contributed by atoms with van der Waals surface area (Å²) in [4.78, 5) is 11.9. The van der Waals surface area contributed by atoms with Gasteiger partial charge in [-0.3, -0.25) is 10.1 Å². The first-order chi connectivity index (χ1) is 9.40. The Hall–Kier alpha value is -0.480. The van der Waals surface area contributed by atoms with Gasteiger partial charge in [0.1, 0.15) is 0 Å². The van der Waals surface area contributed by atoms with Gasteiger partial charge >= 0.3 is 0 Å². The monoisotopic (exact) mass is 334 g/mol. The SMILES string of the molecule is CC(NC(C)c1ccc(Cl)c(Cl)c1Cl)C(=O)NC1CC1. The number of benzene rings is 1. The van der Waals surface area contributed by atoms with Crippen LogP contribution in [0.3, 0.4) is 0 Å². The Kier molecular flexibility index (Phi) is 5.19. The Morgan fingerprint density at radius 2 is 1.85 bits per heavy atom. The van der Waals surface area contributed by atoms with Crippen molar-refractivity contribution in [1.82, 2.24) is 10.6 Å². The van der Waals surface area contributed by atoms with E-state index in [-0.39, 0.29) is 18.0 Å². The molecule has 1 aliphatic rings. The molecule has 0 spiro atoms. The van der Waals surface area contributed by atoms with E-state index in [9.17, 15) is 4.79 Å². The number of carbonyl (C=O) groups is 1. The molecule has 1 aliphatic carbocycles. The molecule has 3 nitrogen and oxygen atoms in total. The summed E-state index contributed by atoms with van der Waals surface area (Å²) in [5, 5.41) is 7.37. The second-order valence-electron chi connectivity index (χ2n) is 5.16. The fraction of sp³-hybridized carbons (Fsp3) is 0.500. The quantitative estimate of drug-likeness (QED) is 0.800. The lowest BCUT2D eigenvalue weighted by atomic mass is 10.1.